The third-order valence-electron chi connectivity index (χ3n) is 3.71. The molecule has 0 amide bonds. The number of hydrogen-bond acceptors (Lipinski definition) is 6. The highest BCUT2D eigenvalue weighted by Crippen LogP contribution is 2.39. The van der Waals surface area contributed by atoms with Crippen molar-refractivity contribution < 1.29 is 23.8 Å². The smallest absolute Gasteiger partial charge is 0.355 e. The summed E-state index contributed by atoms with van der Waals surface area (Å²) in [6.45, 7) is 3.99. The molecule has 2 rings (SSSR count). The Balaban J connectivity index is 2.68. The predicted octanol–water partition coefficient (Wildman–Crippen LogP) is 3.22. The molecule has 0 radical (unpaired) electrons. The Morgan fingerprint density at radius 2 is 1.75 bits per heavy atom. The molecule has 24 heavy (non-hydrogen) atoms. The lowest BCUT2D eigenvalue weighted by molar-refractivity contribution is -0.140. The van der Waals surface area contributed by atoms with Crippen molar-refractivity contribution in [3.63, 3.8) is 0 Å². The minimum absolute atomic E-state index is 0.0142. The van der Waals surface area contributed by atoms with Crippen molar-refractivity contribution in [2.24, 2.45) is 0 Å². The molecule has 1 aromatic carbocycles. The summed E-state index contributed by atoms with van der Waals surface area (Å²) in [5.74, 6) is -1.24. The van der Waals surface area contributed by atoms with E-state index >= 15 is 0 Å². The monoisotopic (exact) mass is 461 g/mol. The molecular formula is C16H17Br2NO5. The van der Waals surface area contributed by atoms with Crippen LogP contribution in [0.15, 0.2) is 26.3 Å². The number of methoxy groups -OCH3 is 2. The van der Waals surface area contributed by atoms with Gasteiger partial charge in [-0.15, -0.1) is 0 Å². The Kier molecular flexibility index (Phi) is 6.06. The number of nitrogens with zero attached hydrogens (tertiary/aromatic N) is 1. The molecule has 0 aromatic heterocycles. The first kappa shape index (κ1) is 19.0. The van der Waals surface area contributed by atoms with Crippen molar-refractivity contribution in [2.45, 2.75) is 13.8 Å². The molecule has 8 heteroatoms. The molecule has 1 aliphatic heterocycles. The summed E-state index contributed by atoms with van der Waals surface area (Å²) in [4.78, 5) is 26.0. The van der Waals surface area contributed by atoms with Gasteiger partial charge in [0.15, 0.2) is 0 Å². The maximum Gasteiger partial charge on any atom is 0.355 e. The zero-order valence-electron chi connectivity index (χ0n) is 13.7. The summed E-state index contributed by atoms with van der Waals surface area (Å²) in [5, 5.41) is 0. The van der Waals surface area contributed by atoms with E-state index in [0.29, 0.717) is 5.69 Å². The average Bonchev–Trinajstić information content (AvgIpc) is 2.60. The van der Waals surface area contributed by atoms with E-state index in [0.717, 1.165) is 20.1 Å². The molecule has 0 atom stereocenters. The van der Waals surface area contributed by atoms with Gasteiger partial charge in [0.25, 0.3) is 0 Å². The molecule has 0 N–H and O–H groups in total. The summed E-state index contributed by atoms with van der Waals surface area (Å²) in [6.07, 6.45) is 0. The predicted molar refractivity (Wildman–Crippen MR) is 95.7 cm³/mol. The van der Waals surface area contributed by atoms with Gasteiger partial charge in [0.2, 0.25) is 0 Å². The molecule has 0 fully saturated rings. The normalized spacial score (nSPS) is 14.7. The van der Waals surface area contributed by atoms with Crippen LogP contribution in [0, 0.1) is 13.8 Å². The molecule has 6 nitrogen and oxygen atoms in total. The molecule has 0 saturated heterocycles. The molecule has 0 aliphatic carbocycles. The molecular weight excluding hydrogens is 446 g/mol. The average molecular weight is 463 g/mol. The number of aryl methyl sites for hydroxylation is 1. The molecule has 0 unspecified atom stereocenters. The zero-order valence-corrected chi connectivity index (χ0v) is 16.9. The van der Waals surface area contributed by atoms with Crippen molar-refractivity contribution in [1.82, 2.24) is 0 Å². The third-order valence-corrected chi connectivity index (χ3v) is 5.93. The van der Waals surface area contributed by atoms with Crippen molar-refractivity contribution in [3.05, 3.63) is 37.4 Å². The van der Waals surface area contributed by atoms with Crippen LogP contribution < -0.4 is 4.90 Å². The van der Waals surface area contributed by atoms with Gasteiger partial charge in [0.1, 0.15) is 12.4 Å². The standard InChI is InChI=1S/C16H17Br2NO5/c1-8-5-11(13(18)9(2)12(8)17)19-7-24-6-10(15(20)22-3)14(19)16(21)23-4/h5H,6-7H2,1-4H3. The third kappa shape index (κ3) is 3.36. The van der Waals surface area contributed by atoms with E-state index < -0.39 is 11.9 Å². The molecule has 0 saturated carbocycles. The van der Waals surface area contributed by atoms with Crippen molar-refractivity contribution >= 4 is 49.5 Å². The van der Waals surface area contributed by atoms with Crippen molar-refractivity contribution in [2.75, 3.05) is 32.5 Å². The minimum Gasteiger partial charge on any atom is -0.466 e. The fraction of sp³-hybridized carbons (Fsp3) is 0.375. The number of benzene rings is 1. The van der Waals surface area contributed by atoms with E-state index in [1.807, 2.05) is 19.9 Å². The molecule has 1 heterocycles. The zero-order chi connectivity index (χ0) is 18.0. The lowest BCUT2D eigenvalue weighted by atomic mass is 10.1. The van der Waals surface area contributed by atoms with Gasteiger partial charge >= 0.3 is 11.9 Å². The van der Waals surface area contributed by atoms with Gasteiger partial charge in [-0.25, -0.2) is 9.59 Å². The van der Waals surface area contributed by atoms with Crippen LogP contribution in [0.3, 0.4) is 0 Å². The maximum absolute atomic E-state index is 12.3. The van der Waals surface area contributed by atoms with Crippen LogP contribution in [-0.4, -0.2) is 39.5 Å². The number of hydrogen-bond donors (Lipinski definition) is 0. The topological polar surface area (TPSA) is 65.1 Å². The number of rotatable bonds is 3. The second kappa shape index (κ2) is 7.67. The Bertz CT molecular complexity index is 730. The Hall–Kier alpha value is -1.38. The van der Waals surface area contributed by atoms with E-state index in [1.165, 1.54) is 14.2 Å². The van der Waals surface area contributed by atoms with Gasteiger partial charge in [-0.1, -0.05) is 15.9 Å². The molecule has 1 aromatic rings. The van der Waals surface area contributed by atoms with Gasteiger partial charge < -0.3 is 19.1 Å². The second-order valence-electron chi connectivity index (χ2n) is 5.18. The van der Waals surface area contributed by atoms with Gasteiger partial charge in [0.05, 0.1) is 32.1 Å². The number of esters is 2. The summed E-state index contributed by atoms with van der Waals surface area (Å²) < 4.78 is 16.9. The first-order chi connectivity index (χ1) is 11.3. The number of carbonyl (C=O) groups is 2. The van der Waals surface area contributed by atoms with Crippen LogP contribution in [0.1, 0.15) is 11.1 Å². The van der Waals surface area contributed by atoms with Crippen molar-refractivity contribution in [1.29, 1.82) is 0 Å². The number of halogens is 2. The Morgan fingerprint density at radius 3 is 2.33 bits per heavy atom. The fourth-order valence-corrected chi connectivity index (χ4v) is 3.55. The van der Waals surface area contributed by atoms with Crippen LogP contribution in [0.2, 0.25) is 0 Å². The van der Waals surface area contributed by atoms with E-state index in [-0.39, 0.29) is 24.6 Å². The minimum atomic E-state index is -0.623. The molecule has 1 aliphatic rings. The van der Waals surface area contributed by atoms with Crippen LogP contribution in [-0.2, 0) is 23.8 Å². The second-order valence-corrected chi connectivity index (χ2v) is 6.77. The highest BCUT2D eigenvalue weighted by atomic mass is 79.9. The van der Waals surface area contributed by atoms with E-state index in [2.05, 4.69) is 31.9 Å². The van der Waals surface area contributed by atoms with Crippen LogP contribution >= 0.6 is 31.9 Å². The van der Waals surface area contributed by atoms with Crippen LogP contribution in [0.4, 0.5) is 5.69 Å². The molecule has 0 bridgehead atoms. The first-order valence-electron chi connectivity index (χ1n) is 7.03. The highest BCUT2D eigenvalue weighted by molar-refractivity contribution is 9.11. The SMILES string of the molecule is COC(=O)C1=C(C(=O)OC)N(c2cc(C)c(Br)c(C)c2Br)COC1. The van der Waals surface area contributed by atoms with Gasteiger partial charge in [-0.3, -0.25) is 0 Å². The van der Waals surface area contributed by atoms with E-state index in [9.17, 15) is 9.59 Å². The van der Waals surface area contributed by atoms with Crippen LogP contribution in [0.5, 0.6) is 0 Å². The number of carbonyl (C=O) groups excluding carboxylic acids is 2. The van der Waals surface area contributed by atoms with E-state index in [1.54, 1.807) is 4.90 Å². The fourth-order valence-electron chi connectivity index (χ4n) is 2.45. The maximum atomic E-state index is 12.3. The van der Waals surface area contributed by atoms with Crippen molar-refractivity contribution in [3.8, 4) is 0 Å². The lowest BCUT2D eigenvalue weighted by Gasteiger charge is -2.32. The van der Waals surface area contributed by atoms with Gasteiger partial charge in [-0.2, -0.15) is 0 Å². The summed E-state index contributed by atoms with van der Waals surface area (Å²) in [6, 6.07) is 1.90. The molecule has 130 valence electrons. The quantitative estimate of drug-likeness (QED) is 0.642. The van der Waals surface area contributed by atoms with Crippen LogP contribution in [0.25, 0.3) is 0 Å². The largest absolute Gasteiger partial charge is 0.466 e. The van der Waals surface area contributed by atoms with Gasteiger partial charge in [0, 0.05) is 8.95 Å². The Labute approximate surface area is 157 Å². The summed E-state index contributed by atoms with van der Waals surface area (Å²) in [7, 11) is 2.53. The lowest BCUT2D eigenvalue weighted by Crippen LogP contribution is -2.39. The Morgan fingerprint density at radius 1 is 1.12 bits per heavy atom. The molecule has 0 spiro atoms. The van der Waals surface area contributed by atoms with Gasteiger partial charge in [-0.05, 0) is 47.0 Å². The number of ether oxygens (including phenoxy) is 3. The first-order valence-corrected chi connectivity index (χ1v) is 8.62. The van der Waals surface area contributed by atoms with E-state index in [4.69, 9.17) is 14.2 Å². The highest BCUT2D eigenvalue weighted by Gasteiger charge is 2.33. The summed E-state index contributed by atoms with van der Waals surface area (Å²) >= 11 is 7.09. The summed E-state index contributed by atoms with van der Waals surface area (Å²) in [5.41, 5.74) is 2.91. The number of anilines is 1.